The zero-order chi connectivity index (χ0) is 11.4. The first-order valence-corrected chi connectivity index (χ1v) is 7.42. The number of hydrogen-bond acceptors (Lipinski definition) is 3. The molecule has 3 unspecified atom stereocenters. The second-order valence-corrected chi connectivity index (χ2v) is 6.34. The number of thiocarbonyl (C=S) groups is 1. The first-order valence-electron chi connectivity index (χ1n) is 5.79. The number of ether oxygens (including phenoxy) is 1. The van der Waals surface area contributed by atoms with E-state index in [9.17, 15) is 0 Å². The van der Waals surface area contributed by atoms with Gasteiger partial charge in [0.2, 0.25) is 4.38 Å². The minimum absolute atomic E-state index is 0.355. The molecule has 1 aliphatic carbocycles. The number of rotatable bonds is 2. The third-order valence-corrected chi connectivity index (χ3v) is 4.40. The van der Waals surface area contributed by atoms with Crippen LogP contribution in [0.5, 0.6) is 0 Å². The molecule has 3 heteroatoms. The molecule has 0 bridgehead atoms. The van der Waals surface area contributed by atoms with Crippen molar-refractivity contribution < 1.29 is 4.74 Å². The Bertz CT molecular complexity index is 216. The summed E-state index contributed by atoms with van der Waals surface area (Å²) < 4.78 is 6.59. The van der Waals surface area contributed by atoms with Crippen molar-refractivity contribution in [1.29, 1.82) is 0 Å². The number of thioether (sulfide) groups is 1. The van der Waals surface area contributed by atoms with Crippen LogP contribution in [0.4, 0.5) is 0 Å². The van der Waals surface area contributed by atoms with E-state index < -0.39 is 0 Å². The van der Waals surface area contributed by atoms with Gasteiger partial charge in [-0.25, -0.2) is 0 Å². The Morgan fingerprint density at radius 1 is 1.40 bits per heavy atom. The molecule has 1 saturated carbocycles. The Kier molecular flexibility index (Phi) is 5.41. The summed E-state index contributed by atoms with van der Waals surface area (Å²) in [6.45, 7) is 6.90. The molecule has 0 spiro atoms. The monoisotopic (exact) mass is 246 g/mol. The molecule has 88 valence electrons. The SMILES string of the molecule is CSC(=S)OC1CC(C)CCC1C(C)C. The molecule has 0 aromatic rings. The van der Waals surface area contributed by atoms with E-state index in [1.165, 1.54) is 19.3 Å². The molecule has 3 atom stereocenters. The highest BCUT2D eigenvalue weighted by atomic mass is 32.2. The Morgan fingerprint density at radius 2 is 2.07 bits per heavy atom. The van der Waals surface area contributed by atoms with Crippen LogP contribution in [0.3, 0.4) is 0 Å². The van der Waals surface area contributed by atoms with E-state index in [4.69, 9.17) is 17.0 Å². The minimum atomic E-state index is 0.355. The summed E-state index contributed by atoms with van der Waals surface area (Å²) >= 11 is 6.70. The van der Waals surface area contributed by atoms with Gasteiger partial charge in [0.05, 0.1) is 0 Å². The molecule has 1 rings (SSSR count). The van der Waals surface area contributed by atoms with Crippen LogP contribution in [-0.4, -0.2) is 16.7 Å². The topological polar surface area (TPSA) is 9.23 Å². The summed E-state index contributed by atoms with van der Waals surface area (Å²) in [5.74, 6) is 2.17. The van der Waals surface area contributed by atoms with E-state index in [2.05, 4.69) is 20.8 Å². The maximum Gasteiger partial charge on any atom is 0.219 e. The van der Waals surface area contributed by atoms with Crippen molar-refractivity contribution in [2.75, 3.05) is 6.26 Å². The van der Waals surface area contributed by atoms with Gasteiger partial charge in [-0.1, -0.05) is 39.0 Å². The van der Waals surface area contributed by atoms with Crippen LogP contribution in [0.25, 0.3) is 0 Å². The molecule has 0 heterocycles. The van der Waals surface area contributed by atoms with Gasteiger partial charge >= 0.3 is 0 Å². The fourth-order valence-corrected chi connectivity index (χ4v) is 2.77. The minimum Gasteiger partial charge on any atom is -0.475 e. The first kappa shape index (κ1) is 13.3. The molecule has 0 saturated heterocycles. The van der Waals surface area contributed by atoms with Gasteiger partial charge in [0.25, 0.3) is 0 Å². The van der Waals surface area contributed by atoms with Gasteiger partial charge in [-0.15, -0.1) is 0 Å². The van der Waals surface area contributed by atoms with E-state index in [-0.39, 0.29) is 0 Å². The lowest BCUT2D eigenvalue weighted by molar-refractivity contribution is 0.0428. The average molecular weight is 246 g/mol. The lowest BCUT2D eigenvalue weighted by Crippen LogP contribution is -2.35. The highest BCUT2D eigenvalue weighted by Crippen LogP contribution is 2.35. The molecule has 0 aromatic carbocycles. The Hall–Kier alpha value is 0.240. The van der Waals surface area contributed by atoms with E-state index >= 15 is 0 Å². The Labute approximate surface area is 103 Å². The van der Waals surface area contributed by atoms with Crippen LogP contribution in [0.2, 0.25) is 0 Å². The van der Waals surface area contributed by atoms with Crippen molar-refractivity contribution in [3.63, 3.8) is 0 Å². The molecule has 0 aromatic heterocycles. The van der Waals surface area contributed by atoms with Crippen molar-refractivity contribution in [3.8, 4) is 0 Å². The predicted molar refractivity (Wildman–Crippen MR) is 72.3 cm³/mol. The van der Waals surface area contributed by atoms with Crippen LogP contribution in [0.1, 0.15) is 40.0 Å². The van der Waals surface area contributed by atoms with E-state index in [0.717, 1.165) is 5.92 Å². The van der Waals surface area contributed by atoms with Crippen molar-refractivity contribution >= 4 is 28.4 Å². The third kappa shape index (κ3) is 3.95. The zero-order valence-electron chi connectivity index (χ0n) is 10.2. The summed E-state index contributed by atoms with van der Waals surface area (Å²) in [5, 5.41) is 0. The molecule has 0 aliphatic heterocycles. The normalized spacial score (nSPS) is 31.7. The lowest BCUT2D eigenvalue weighted by Gasteiger charge is -2.37. The molecular formula is C12H22OS2. The lowest BCUT2D eigenvalue weighted by atomic mass is 9.75. The van der Waals surface area contributed by atoms with Crippen molar-refractivity contribution in [3.05, 3.63) is 0 Å². The van der Waals surface area contributed by atoms with Crippen LogP contribution < -0.4 is 0 Å². The van der Waals surface area contributed by atoms with Crippen molar-refractivity contribution in [2.24, 2.45) is 17.8 Å². The average Bonchev–Trinajstić information content (AvgIpc) is 2.17. The predicted octanol–water partition coefficient (Wildman–Crippen LogP) is 4.11. The van der Waals surface area contributed by atoms with Gasteiger partial charge < -0.3 is 4.74 Å². The molecule has 1 aliphatic rings. The fourth-order valence-electron chi connectivity index (χ4n) is 2.42. The smallest absolute Gasteiger partial charge is 0.219 e. The highest BCUT2D eigenvalue weighted by Gasteiger charge is 2.32. The standard InChI is InChI=1S/C12H22OS2/c1-8(2)10-6-5-9(3)7-11(10)13-12(14)15-4/h8-11H,5-7H2,1-4H3. The van der Waals surface area contributed by atoms with Crippen molar-refractivity contribution in [1.82, 2.24) is 0 Å². The van der Waals surface area contributed by atoms with Crippen LogP contribution in [0.15, 0.2) is 0 Å². The summed E-state index contributed by atoms with van der Waals surface area (Å²) in [7, 11) is 0. The first-order chi connectivity index (χ1) is 7.04. The third-order valence-electron chi connectivity index (χ3n) is 3.38. The van der Waals surface area contributed by atoms with E-state index in [1.54, 1.807) is 11.8 Å². The highest BCUT2D eigenvalue weighted by molar-refractivity contribution is 8.22. The second-order valence-electron chi connectivity index (χ2n) is 4.94. The number of hydrogen-bond donors (Lipinski definition) is 0. The quantitative estimate of drug-likeness (QED) is 0.679. The van der Waals surface area contributed by atoms with E-state index in [1.807, 2.05) is 6.26 Å². The fraction of sp³-hybridized carbons (Fsp3) is 0.917. The van der Waals surface area contributed by atoms with Crippen molar-refractivity contribution in [2.45, 2.75) is 46.1 Å². The van der Waals surface area contributed by atoms with Crippen LogP contribution in [-0.2, 0) is 4.74 Å². The Morgan fingerprint density at radius 3 is 2.60 bits per heavy atom. The van der Waals surface area contributed by atoms with Gasteiger partial charge in [0.15, 0.2) is 0 Å². The van der Waals surface area contributed by atoms with Gasteiger partial charge in [-0.05, 0) is 49.1 Å². The molecule has 0 amide bonds. The zero-order valence-corrected chi connectivity index (χ0v) is 11.8. The molecular weight excluding hydrogens is 224 g/mol. The van der Waals surface area contributed by atoms with Crippen LogP contribution in [0, 0.1) is 17.8 Å². The molecule has 0 N–H and O–H groups in total. The van der Waals surface area contributed by atoms with Gasteiger partial charge in [-0.3, -0.25) is 0 Å². The maximum atomic E-state index is 5.88. The van der Waals surface area contributed by atoms with Gasteiger partial charge in [0, 0.05) is 0 Å². The molecule has 0 radical (unpaired) electrons. The van der Waals surface area contributed by atoms with Gasteiger partial charge in [-0.2, -0.15) is 0 Å². The molecule has 15 heavy (non-hydrogen) atoms. The van der Waals surface area contributed by atoms with Gasteiger partial charge in [0.1, 0.15) is 6.10 Å². The summed E-state index contributed by atoms with van der Waals surface area (Å²) in [6.07, 6.45) is 6.14. The summed E-state index contributed by atoms with van der Waals surface area (Å²) in [4.78, 5) is 0. The Balaban J connectivity index is 2.57. The van der Waals surface area contributed by atoms with Crippen LogP contribution >= 0.6 is 24.0 Å². The molecule has 1 nitrogen and oxygen atoms in total. The maximum absolute atomic E-state index is 5.88. The largest absolute Gasteiger partial charge is 0.475 e. The molecule has 1 fully saturated rings. The van der Waals surface area contributed by atoms with E-state index in [0.29, 0.717) is 22.3 Å². The summed E-state index contributed by atoms with van der Waals surface area (Å²) in [5.41, 5.74) is 0. The summed E-state index contributed by atoms with van der Waals surface area (Å²) in [6, 6.07) is 0. The second kappa shape index (κ2) is 6.09.